The van der Waals surface area contributed by atoms with E-state index in [-0.39, 0.29) is 12.6 Å². The maximum atomic E-state index is 8.98. The molecule has 16 heavy (non-hydrogen) atoms. The van der Waals surface area contributed by atoms with Gasteiger partial charge in [-0.1, -0.05) is 20.8 Å². The molecule has 1 aromatic heterocycles. The van der Waals surface area contributed by atoms with Crippen molar-refractivity contribution in [2.75, 3.05) is 11.9 Å². The Balaban J connectivity index is 2.95. The molecule has 0 aliphatic rings. The van der Waals surface area contributed by atoms with Crippen LogP contribution in [0, 0.1) is 0 Å². The molecule has 0 aliphatic heterocycles. The largest absolute Gasteiger partial charge is 0.394 e. The minimum absolute atomic E-state index is 0.0212. The van der Waals surface area contributed by atoms with Crippen LogP contribution in [0.15, 0.2) is 6.07 Å². The fourth-order valence-corrected chi connectivity index (χ4v) is 1.33. The van der Waals surface area contributed by atoms with Crippen LogP contribution >= 0.6 is 0 Å². The minimum atomic E-state index is -0.0212. The van der Waals surface area contributed by atoms with Gasteiger partial charge in [0.25, 0.3) is 0 Å². The topological polar surface area (TPSA) is 58.0 Å². The van der Waals surface area contributed by atoms with Crippen LogP contribution in [-0.2, 0) is 6.42 Å². The van der Waals surface area contributed by atoms with Crippen molar-refractivity contribution in [3.8, 4) is 0 Å². The molecule has 4 heteroatoms. The quantitative estimate of drug-likeness (QED) is 0.801. The van der Waals surface area contributed by atoms with Crippen LogP contribution in [0.3, 0.4) is 0 Å². The molecule has 0 amide bonds. The van der Waals surface area contributed by atoms with Crippen molar-refractivity contribution in [1.29, 1.82) is 0 Å². The molecule has 0 radical (unpaired) electrons. The Labute approximate surface area is 97.1 Å². The lowest BCUT2D eigenvalue weighted by atomic mass is 10.1. The highest BCUT2D eigenvalue weighted by Crippen LogP contribution is 2.15. The van der Waals surface area contributed by atoms with E-state index in [0.29, 0.717) is 11.9 Å². The van der Waals surface area contributed by atoms with Crippen molar-refractivity contribution >= 4 is 5.95 Å². The third kappa shape index (κ3) is 3.45. The number of hydrogen-bond acceptors (Lipinski definition) is 4. The summed E-state index contributed by atoms with van der Waals surface area (Å²) >= 11 is 0. The third-order valence-corrected chi connectivity index (χ3v) is 2.40. The Kier molecular flexibility index (Phi) is 4.68. The number of nitrogens with one attached hydrogen (secondary N) is 1. The molecule has 0 saturated heterocycles. The molecule has 1 rings (SSSR count). The van der Waals surface area contributed by atoms with Gasteiger partial charge in [0.2, 0.25) is 5.95 Å². The molecule has 1 heterocycles. The summed E-state index contributed by atoms with van der Waals surface area (Å²) in [4.78, 5) is 8.82. The molecule has 0 saturated carbocycles. The number of rotatable bonds is 5. The predicted octanol–water partition coefficient (Wildman–Crippen LogP) is 1.96. The molecule has 0 aromatic carbocycles. The molecule has 0 spiro atoms. The highest BCUT2D eigenvalue weighted by atomic mass is 16.3. The molecule has 2 N–H and O–H groups in total. The molecular weight excluding hydrogens is 202 g/mol. The van der Waals surface area contributed by atoms with Gasteiger partial charge in [-0.15, -0.1) is 0 Å². The van der Waals surface area contributed by atoms with E-state index in [1.807, 2.05) is 13.0 Å². The Hall–Kier alpha value is -1.16. The van der Waals surface area contributed by atoms with E-state index in [1.54, 1.807) is 0 Å². The van der Waals surface area contributed by atoms with E-state index >= 15 is 0 Å². The fourth-order valence-electron chi connectivity index (χ4n) is 1.33. The predicted molar refractivity (Wildman–Crippen MR) is 65.7 cm³/mol. The second kappa shape index (κ2) is 5.80. The molecule has 1 aromatic rings. The van der Waals surface area contributed by atoms with Gasteiger partial charge in [0.1, 0.15) is 0 Å². The Morgan fingerprint density at radius 2 is 2.00 bits per heavy atom. The average Bonchev–Trinajstić information content (AvgIpc) is 2.28. The van der Waals surface area contributed by atoms with Crippen molar-refractivity contribution in [2.45, 2.75) is 46.1 Å². The van der Waals surface area contributed by atoms with Crippen LogP contribution in [0.4, 0.5) is 5.95 Å². The first kappa shape index (κ1) is 12.9. The van der Waals surface area contributed by atoms with Gasteiger partial charge in [0.05, 0.1) is 6.61 Å². The van der Waals surface area contributed by atoms with Gasteiger partial charge in [-0.3, -0.25) is 0 Å². The van der Waals surface area contributed by atoms with Crippen LogP contribution in [0.2, 0.25) is 0 Å². The Morgan fingerprint density at radius 3 is 2.50 bits per heavy atom. The second-order valence-electron chi connectivity index (χ2n) is 4.34. The van der Waals surface area contributed by atoms with Gasteiger partial charge < -0.3 is 10.4 Å². The molecule has 0 fully saturated rings. The molecule has 0 aliphatic carbocycles. The molecule has 1 atom stereocenters. The molecule has 90 valence electrons. The van der Waals surface area contributed by atoms with E-state index in [9.17, 15) is 0 Å². The van der Waals surface area contributed by atoms with Crippen LogP contribution in [-0.4, -0.2) is 27.7 Å². The van der Waals surface area contributed by atoms with Gasteiger partial charge in [0, 0.05) is 17.4 Å². The first-order valence-corrected chi connectivity index (χ1v) is 5.82. The average molecular weight is 223 g/mol. The molecule has 0 unspecified atom stereocenters. The van der Waals surface area contributed by atoms with Crippen molar-refractivity contribution < 1.29 is 5.11 Å². The normalized spacial score (nSPS) is 12.9. The Bertz CT molecular complexity index is 339. The lowest BCUT2D eigenvalue weighted by Crippen LogP contribution is -2.21. The minimum Gasteiger partial charge on any atom is -0.394 e. The zero-order valence-corrected chi connectivity index (χ0v) is 10.5. The van der Waals surface area contributed by atoms with Crippen LogP contribution in [0.25, 0.3) is 0 Å². The number of aryl methyl sites for hydroxylation is 1. The maximum Gasteiger partial charge on any atom is 0.223 e. The number of anilines is 1. The summed E-state index contributed by atoms with van der Waals surface area (Å²) in [6.45, 7) is 8.28. The summed E-state index contributed by atoms with van der Waals surface area (Å²) in [5.41, 5.74) is 2.07. The van der Waals surface area contributed by atoms with Gasteiger partial charge >= 0.3 is 0 Å². The van der Waals surface area contributed by atoms with E-state index < -0.39 is 0 Å². The number of aliphatic hydroxyl groups excluding tert-OH is 1. The monoisotopic (exact) mass is 223 g/mol. The SMILES string of the molecule is CCc1cc(C(C)C)nc(N[C@@H](C)CO)n1. The summed E-state index contributed by atoms with van der Waals surface area (Å²) in [5, 5.41) is 12.1. The van der Waals surface area contributed by atoms with Gasteiger partial charge in [-0.05, 0) is 25.3 Å². The van der Waals surface area contributed by atoms with Crippen LogP contribution < -0.4 is 5.32 Å². The van der Waals surface area contributed by atoms with E-state index in [4.69, 9.17) is 5.11 Å². The first-order valence-electron chi connectivity index (χ1n) is 5.82. The standard InChI is InChI=1S/C12H21N3O/c1-5-10-6-11(8(2)3)15-12(14-10)13-9(4)7-16/h6,8-9,16H,5,7H2,1-4H3,(H,13,14,15)/t9-/m0/s1. The highest BCUT2D eigenvalue weighted by Gasteiger charge is 2.08. The van der Waals surface area contributed by atoms with Crippen molar-refractivity contribution in [1.82, 2.24) is 9.97 Å². The van der Waals surface area contributed by atoms with E-state index in [0.717, 1.165) is 17.8 Å². The fraction of sp³-hybridized carbons (Fsp3) is 0.667. The molecule has 4 nitrogen and oxygen atoms in total. The van der Waals surface area contributed by atoms with Gasteiger partial charge in [-0.25, -0.2) is 9.97 Å². The number of aliphatic hydroxyl groups is 1. The zero-order valence-electron chi connectivity index (χ0n) is 10.5. The van der Waals surface area contributed by atoms with Gasteiger partial charge in [0.15, 0.2) is 0 Å². The summed E-state index contributed by atoms with van der Waals surface area (Å²) in [6, 6.07) is 2.02. The smallest absolute Gasteiger partial charge is 0.223 e. The lowest BCUT2D eigenvalue weighted by molar-refractivity contribution is 0.281. The highest BCUT2D eigenvalue weighted by molar-refractivity contribution is 5.30. The van der Waals surface area contributed by atoms with Crippen molar-refractivity contribution in [3.05, 3.63) is 17.5 Å². The summed E-state index contributed by atoms with van der Waals surface area (Å²) in [7, 11) is 0. The summed E-state index contributed by atoms with van der Waals surface area (Å²) < 4.78 is 0. The maximum absolute atomic E-state index is 8.98. The Morgan fingerprint density at radius 1 is 1.31 bits per heavy atom. The third-order valence-electron chi connectivity index (χ3n) is 2.40. The van der Waals surface area contributed by atoms with Crippen LogP contribution in [0.5, 0.6) is 0 Å². The van der Waals surface area contributed by atoms with Gasteiger partial charge in [-0.2, -0.15) is 0 Å². The first-order chi connectivity index (χ1) is 7.56. The van der Waals surface area contributed by atoms with Crippen LogP contribution in [0.1, 0.15) is 45.0 Å². The van der Waals surface area contributed by atoms with Crippen molar-refractivity contribution in [3.63, 3.8) is 0 Å². The van der Waals surface area contributed by atoms with E-state index in [2.05, 4.69) is 36.1 Å². The zero-order chi connectivity index (χ0) is 12.1. The number of hydrogen-bond donors (Lipinski definition) is 2. The molecule has 0 bridgehead atoms. The van der Waals surface area contributed by atoms with E-state index in [1.165, 1.54) is 0 Å². The summed E-state index contributed by atoms with van der Waals surface area (Å²) in [6.07, 6.45) is 0.893. The summed E-state index contributed by atoms with van der Waals surface area (Å²) in [5.74, 6) is 1.00. The van der Waals surface area contributed by atoms with Crippen molar-refractivity contribution in [2.24, 2.45) is 0 Å². The number of aromatic nitrogens is 2. The number of nitrogens with zero attached hydrogens (tertiary/aromatic N) is 2. The second-order valence-corrected chi connectivity index (χ2v) is 4.34. The lowest BCUT2D eigenvalue weighted by Gasteiger charge is -2.14. The molecular formula is C12H21N3O.